The van der Waals surface area contributed by atoms with Crippen LogP contribution in [0.1, 0.15) is 25.8 Å². The number of hydrogen-bond acceptors (Lipinski definition) is 2. The Labute approximate surface area is 243 Å². The average Bonchev–Trinajstić information content (AvgIpc) is 3.51. The van der Waals surface area contributed by atoms with Crippen LogP contribution in [0, 0.1) is 0 Å². The van der Waals surface area contributed by atoms with Gasteiger partial charge in [0.05, 0.1) is 21.4 Å². The molecule has 3 aromatic carbocycles. The standard InChI is InChI=1S/C28H27Cl3N4O3S/c1-16(2)33-14-18-10-17(33)15-34(18)39(37,38)19-11-21(20-6-3-4-7-23(20)29)22-13-32-28(36)35(26(22)12-19)27-24(30)8-5-9-25(27)31/h3-9,11-12,16-18H,10,13-15H2,1-2H3,(H,32,36)/p+2. The van der Waals surface area contributed by atoms with Gasteiger partial charge in [0.2, 0.25) is 0 Å². The number of rotatable bonds is 5. The number of nitrogens with one attached hydrogen (secondary N) is 1. The molecule has 0 radical (unpaired) electrons. The van der Waals surface area contributed by atoms with Crippen LogP contribution in [-0.4, -0.2) is 54.9 Å². The minimum absolute atomic E-state index is 0.0274. The number of amides is 2. The summed E-state index contributed by atoms with van der Waals surface area (Å²) in [5.41, 5.74) is 3.00. The van der Waals surface area contributed by atoms with Crippen LogP contribution in [0.25, 0.3) is 11.1 Å². The minimum Gasteiger partial charge on any atom is -0.333 e. The predicted octanol–water partition coefficient (Wildman–Crippen LogP) is 6.84. The van der Waals surface area contributed by atoms with E-state index in [9.17, 15) is 13.2 Å². The molecule has 2 fully saturated rings. The highest BCUT2D eigenvalue weighted by Crippen LogP contribution is 2.46. The molecule has 39 heavy (non-hydrogen) atoms. The van der Waals surface area contributed by atoms with E-state index in [1.54, 1.807) is 36.4 Å². The van der Waals surface area contributed by atoms with Gasteiger partial charge < -0.3 is 5.32 Å². The van der Waals surface area contributed by atoms with Crippen LogP contribution >= 0.6 is 34.8 Å². The number of anilines is 2. The number of carbonyl (C=O) groups excluding carboxylic acids is 1. The number of fused-ring (bicyclic) bond motifs is 3. The van der Waals surface area contributed by atoms with Gasteiger partial charge in [0.25, 0.3) is 0 Å². The zero-order valence-corrected chi connectivity index (χ0v) is 24.5. The van der Waals surface area contributed by atoms with Gasteiger partial charge in [-0.05, 0) is 56.2 Å². The molecule has 0 aromatic heterocycles. The number of likely N-dealkylation sites (tertiary alicyclic amines) is 1. The number of benzene rings is 3. The molecule has 6 rings (SSSR count). The van der Waals surface area contributed by atoms with Crippen LogP contribution < -0.4 is 10.2 Å². The first-order chi connectivity index (χ1) is 18.6. The molecule has 2 saturated heterocycles. The number of halogens is 3. The molecule has 0 saturated carbocycles. The Hall–Kier alpha value is -2.33. The van der Waals surface area contributed by atoms with Crippen molar-refractivity contribution in [1.29, 1.82) is 0 Å². The molecule has 0 aliphatic carbocycles. The first-order valence-corrected chi connectivity index (χ1v) is 15.5. The van der Waals surface area contributed by atoms with E-state index < -0.39 is 16.1 Å². The monoisotopic (exact) mass is 606 g/mol. The Morgan fingerprint density at radius 3 is 2.26 bits per heavy atom. The van der Waals surface area contributed by atoms with Gasteiger partial charge in [-0.15, -0.1) is 4.31 Å². The van der Waals surface area contributed by atoms with Crippen LogP contribution in [0.2, 0.25) is 15.1 Å². The second-order valence-electron chi connectivity index (χ2n) is 10.5. The molecule has 3 aromatic rings. The zero-order valence-electron chi connectivity index (χ0n) is 21.4. The van der Waals surface area contributed by atoms with Crippen LogP contribution in [-0.2, 0) is 16.6 Å². The molecular formula is C28H29Cl3N4O3S+2. The number of nitrogens with zero attached hydrogens (tertiary/aromatic N) is 3. The van der Waals surface area contributed by atoms with Crippen molar-refractivity contribution in [1.82, 2.24) is 14.5 Å². The molecule has 11 heteroatoms. The number of urea groups is 1. The molecule has 2 atom stereocenters. The third kappa shape index (κ3) is 4.42. The Morgan fingerprint density at radius 2 is 1.62 bits per heavy atom. The third-order valence-electron chi connectivity index (χ3n) is 7.92. The Kier molecular flexibility index (Phi) is 6.85. The Morgan fingerprint density at radius 1 is 0.923 bits per heavy atom. The van der Waals surface area contributed by atoms with E-state index in [2.05, 4.69) is 24.1 Å². The summed E-state index contributed by atoms with van der Waals surface area (Å²) in [5.74, 6) is 0. The van der Waals surface area contributed by atoms with Gasteiger partial charge in [0.1, 0.15) is 0 Å². The fourth-order valence-corrected chi connectivity index (χ4v) is 8.68. The lowest BCUT2D eigenvalue weighted by atomic mass is 9.96. The molecular weight excluding hydrogens is 579 g/mol. The molecule has 3 aliphatic rings. The molecule has 2 bridgehead atoms. The smallest absolute Gasteiger partial charge is 0.333 e. The summed E-state index contributed by atoms with van der Waals surface area (Å²) in [6.07, 6.45) is 0.889. The first kappa shape index (κ1) is 26.9. The van der Waals surface area contributed by atoms with Gasteiger partial charge in [-0.1, -0.05) is 59.1 Å². The van der Waals surface area contributed by atoms with Crippen molar-refractivity contribution in [3.8, 4) is 11.1 Å². The number of piperazine rings is 1. The van der Waals surface area contributed by atoms with Crippen molar-refractivity contribution in [3.05, 3.63) is 75.2 Å². The van der Waals surface area contributed by atoms with E-state index in [-0.39, 0.29) is 18.6 Å². The summed E-state index contributed by atoms with van der Waals surface area (Å²) in [6.45, 7) is 5.91. The number of carbonyl (C=O) groups is 1. The summed E-state index contributed by atoms with van der Waals surface area (Å²) in [4.78, 5) is 17.5. The van der Waals surface area contributed by atoms with E-state index in [0.717, 1.165) is 24.1 Å². The Bertz CT molecular complexity index is 1580. The number of para-hydroxylation sites is 1. The molecule has 0 spiro atoms. The quantitative estimate of drug-likeness (QED) is 0.322. The molecule has 2 unspecified atom stereocenters. The molecule has 2 amide bonds. The van der Waals surface area contributed by atoms with Gasteiger partial charge in [-0.25, -0.2) is 4.79 Å². The van der Waals surface area contributed by atoms with Crippen molar-refractivity contribution in [2.45, 2.75) is 49.8 Å². The molecule has 7 nitrogen and oxygen atoms in total. The number of hydrogen-bond donors (Lipinski definition) is 1. The minimum atomic E-state index is -3.40. The third-order valence-corrected chi connectivity index (χ3v) is 10.8. The summed E-state index contributed by atoms with van der Waals surface area (Å²) in [7, 11) is -3.40. The fourth-order valence-electron chi connectivity index (χ4n) is 6.11. The van der Waals surface area contributed by atoms with Gasteiger partial charge >= 0.3 is 16.1 Å². The van der Waals surface area contributed by atoms with E-state index >= 15 is 0 Å². The van der Waals surface area contributed by atoms with E-state index in [0.29, 0.717) is 49.5 Å². The molecule has 204 valence electrons. The summed E-state index contributed by atoms with van der Waals surface area (Å²) in [6, 6.07) is 16.2. The van der Waals surface area contributed by atoms with Crippen molar-refractivity contribution in [2.75, 3.05) is 18.0 Å². The second-order valence-corrected chi connectivity index (χ2v) is 13.7. The van der Waals surface area contributed by atoms with Gasteiger partial charge in [-0.2, -0.15) is 8.42 Å². The normalized spacial score (nSPS) is 21.5. The van der Waals surface area contributed by atoms with Crippen molar-refractivity contribution < 1.29 is 13.2 Å². The largest absolute Gasteiger partial charge is 0.511 e. The highest BCUT2D eigenvalue weighted by atomic mass is 35.5. The van der Waals surface area contributed by atoms with Gasteiger partial charge in [0.15, 0.2) is 4.90 Å². The lowest BCUT2D eigenvalue weighted by molar-refractivity contribution is 0.147. The fraction of sp³-hybridized carbons (Fsp3) is 0.321. The van der Waals surface area contributed by atoms with Crippen molar-refractivity contribution >= 4 is 62.2 Å². The average molecular weight is 608 g/mol. The summed E-state index contributed by atoms with van der Waals surface area (Å²) >= 11 is 19.8. The van der Waals surface area contributed by atoms with E-state index in [4.69, 9.17) is 34.8 Å². The van der Waals surface area contributed by atoms with Gasteiger partial charge in [0, 0.05) is 53.9 Å². The van der Waals surface area contributed by atoms with Crippen molar-refractivity contribution in [3.63, 3.8) is 0 Å². The van der Waals surface area contributed by atoms with E-state index in [1.165, 1.54) is 4.90 Å². The lowest BCUT2D eigenvalue weighted by Crippen LogP contribution is -2.50. The van der Waals surface area contributed by atoms with Crippen LogP contribution in [0.4, 0.5) is 16.2 Å². The second kappa shape index (κ2) is 9.94. The molecule has 3 aliphatic heterocycles. The maximum atomic E-state index is 13.3. The lowest BCUT2D eigenvalue weighted by Gasteiger charge is -2.34. The van der Waals surface area contributed by atoms with E-state index in [1.807, 2.05) is 22.5 Å². The molecule has 3 heterocycles. The molecule has 3 N–H and O–H groups in total. The van der Waals surface area contributed by atoms with Crippen molar-refractivity contribution in [2.24, 2.45) is 0 Å². The highest BCUT2D eigenvalue weighted by Gasteiger charge is 2.54. The van der Waals surface area contributed by atoms with Crippen LogP contribution in [0.5, 0.6) is 0 Å². The first-order valence-electron chi connectivity index (χ1n) is 12.8. The predicted molar refractivity (Wildman–Crippen MR) is 158 cm³/mol. The van der Waals surface area contributed by atoms with Crippen LogP contribution in [0.3, 0.4) is 0 Å². The van der Waals surface area contributed by atoms with Gasteiger partial charge in [-0.3, -0.25) is 9.80 Å². The zero-order chi connectivity index (χ0) is 27.6. The highest BCUT2D eigenvalue weighted by molar-refractivity contribution is 7.89. The summed E-state index contributed by atoms with van der Waals surface area (Å²) < 4.78 is 25.5. The van der Waals surface area contributed by atoms with Crippen LogP contribution in [0.15, 0.2) is 59.5 Å². The topological polar surface area (TPSA) is 81.6 Å². The summed E-state index contributed by atoms with van der Waals surface area (Å²) in [5, 5.41) is 4.03. The maximum absolute atomic E-state index is 13.3. The maximum Gasteiger partial charge on any atom is 0.511 e. The Balaban J connectivity index is 1.55. The SMILES string of the molecule is CC(C)N1CC2CC1CN2S(=[OH+])(=[OH+])c1cc(-c2ccccc2Cl)c2c(c1)N(c1c(Cl)cccc1Cl)C(=O)NC2.